The van der Waals surface area contributed by atoms with Crippen LogP contribution in [0.25, 0.3) is 20.7 Å². The topological polar surface area (TPSA) is 90.5 Å². The predicted octanol–water partition coefficient (Wildman–Crippen LogP) is 1.50. The molecular formula is C17H18N4O3S2. The van der Waals surface area contributed by atoms with Crippen molar-refractivity contribution in [3.8, 4) is 10.4 Å². The molecule has 2 N–H and O–H groups in total. The van der Waals surface area contributed by atoms with E-state index in [1.54, 1.807) is 11.3 Å². The van der Waals surface area contributed by atoms with Gasteiger partial charge in [0.1, 0.15) is 17.2 Å². The number of aromatic nitrogens is 2. The largest absolute Gasteiger partial charge is 0.379 e. The van der Waals surface area contributed by atoms with Crippen molar-refractivity contribution in [2.75, 3.05) is 26.3 Å². The molecule has 1 amide bonds. The molecule has 7 nitrogen and oxygen atoms in total. The Morgan fingerprint density at radius 3 is 2.81 bits per heavy atom. The first-order valence-electron chi connectivity index (χ1n) is 8.26. The number of hydrogen-bond acceptors (Lipinski definition) is 7. The van der Waals surface area contributed by atoms with E-state index in [9.17, 15) is 9.59 Å². The van der Waals surface area contributed by atoms with Crippen LogP contribution < -0.4 is 11.3 Å². The van der Waals surface area contributed by atoms with Gasteiger partial charge in [-0.3, -0.25) is 19.1 Å². The molecule has 0 aromatic carbocycles. The van der Waals surface area contributed by atoms with Crippen LogP contribution in [0.2, 0.25) is 0 Å². The highest BCUT2D eigenvalue weighted by Crippen LogP contribution is 2.33. The first-order valence-corrected chi connectivity index (χ1v) is 10.0. The molecule has 4 heterocycles. The lowest BCUT2D eigenvalue weighted by molar-refractivity contribution is -0.118. The van der Waals surface area contributed by atoms with Crippen LogP contribution in [0.1, 0.15) is 5.82 Å². The molecule has 3 aromatic rings. The van der Waals surface area contributed by atoms with Crippen LogP contribution >= 0.6 is 22.7 Å². The van der Waals surface area contributed by atoms with Crippen LogP contribution in [0.4, 0.5) is 0 Å². The molecule has 3 aromatic heterocycles. The highest BCUT2D eigenvalue weighted by Gasteiger charge is 2.20. The zero-order valence-electron chi connectivity index (χ0n) is 14.0. The summed E-state index contributed by atoms with van der Waals surface area (Å²) in [6, 6.07) is 3.93. The van der Waals surface area contributed by atoms with Crippen molar-refractivity contribution in [3.63, 3.8) is 0 Å². The highest BCUT2D eigenvalue weighted by atomic mass is 32.1. The van der Waals surface area contributed by atoms with Gasteiger partial charge in [0.25, 0.3) is 5.56 Å². The molecular weight excluding hydrogens is 372 g/mol. The van der Waals surface area contributed by atoms with Crippen molar-refractivity contribution in [1.82, 2.24) is 14.5 Å². The molecule has 0 spiro atoms. The number of amides is 1. The van der Waals surface area contributed by atoms with Gasteiger partial charge in [-0.2, -0.15) is 0 Å². The quantitative estimate of drug-likeness (QED) is 0.713. The van der Waals surface area contributed by atoms with Crippen molar-refractivity contribution in [2.24, 2.45) is 5.73 Å². The lowest BCUT2D eigenvalue weighted by atomic mass is 10.2. The van der Waals surface area contributed by atoms with E-state index in [0.717, 1.165) is 23.5 Å². The Balaban J connectivity index is 1.83. The third-order valence-electron chi connectivity index (χ3n) is 4.34. The minimum Gasteiger partial charge on any atom is -0.379 e. The number of fused-ring (bicyclic) bond motifs is 1. The number of nitrogens with zero attached hydrogens (tertiary/aromatic N) is 3. The van der Waals surface area contributed by atoms with E-state index in [4.69, 9.17) is 15.5 Å². The summed E-state index contributed by atoms with van der Waals surface area (Å²) in [6.07, 6.45) is 0. The Morgan fingerprint density at radius 2 is 2.12 bits per heavy atom. The van der Waals surface area contributed by atoms with Crippen molar-refractivity contribution < 1.29 is 9.53 Å². The Morgan fingerprint density at radius 1 is 1.31 bits per heavy atom. The van der Waals surface area contributed by atoms with Gasteiger partial charge in [0.05, 0.1) is 25.1 Å². The van der Waals surface area contributed by atoms with Crippen LogP contribution in [0.15, 0.2) is 27.7 Å². The fraction of sp³-hybridized carbons (Fsp3) is 0.353. The summed E-state index contributed by atoms with van der Waals surface area (Å²) in [6.45, 7) is 3.19. The summed E-state index contributed by atoms with van der Waals surface area (Å²) < 4.78 is 6.79. The number of carbonyl (C=O) groups excluding carboxylic acids is 1. The molecule has 1 saturated heterocycles. The number of nitrogens with two attached hydrogens (primary N) is 1. The summed E-state index contributed by atoms with van der Waals surface area (Å²) in [4.78, 5) is 33.3. The summed E-state index contributed by atoms with van der Waals surface area (Å²) >= 11 is 3.03. The zero-order chi connectivity index (χ0) is 18.1. The summed E-state index contributed by atoms with van der Waals surface area (Å²) in [7, 11) is 0. The average Bonchev–Trinajstić information content (AvgIpc) is 3.28. The first-order chi connectivity index (χ1) is 12.6. The van der Waals surface area contributed by atoms with Gasteiger partial charge in [0.15, 0.2) is 0 Å². The molecule has 0 saturated carbocycles. The molecule has 9 heteroatoms. The van der Waals surface area contributed by atoms with E-state index in [2.05, 4.69) is 4.90 Å². The maximum Gasteiger partial charge on any atom is 0.263 e. The van der Waals surface area contributed by atoms with E-state index < -0.39 is 5.91 Å². The average molecular weight is 390 g/mol. The van der Waals surface area contributed by atoms with Gasteiger partial charge in [0.2, 0.25) is 5.91 Å². The van der Waals surface area contributed by atoms with Crippen LogP contribution in [-0.2, 0) is 22.6 Å². The number of primary amides is 1. The van der Waals surface area contributed by atoms with E-state index in [1.807, 2.05) is 22.9 Å². The molecule has 0 radical (unpaired) electrons. The van der Waals surface area contributed by atoms with Gasteiger partial charge in [-0.25, -0.2) is 4.98 Å². The smallest absolute Gasteiger partial charge is 0.263 e. The standard InChI is InChI=1S/C17H18N4O3S2/c18-13(22)8-21-14(9-20-3-5-24-6-4-20)19-16-15(17(21)23)11(10-26-16)12-2-1-7-25-12/h1-2,7,10H,3-6,8-9H2,(H2,18,22). The molecule has 0 bridgehead atoms. The number of hydrogen-bond donors (Lipinski definition) is 1. The fourth-order valence-corrected chi connectivity index (χ4v) is 4.85. The van der Waals surface area contributed by atoms with E-state index in [0.29, 0.717) is 35.8 Å². The molecule has 0 atom stereocenters. The highest BCUT2D eigenvalue weighted by molar-refractivity contribution is 7.18. The molecule has 0 aliphatic carbocycles. The molecule has 136 valence electrons. The van der Waals surface area contributed by atoms with Crippen molar-refractivity contribution >= 4 is 38.8 Å². The van der Waals surface area contributed by atoms with Gasteiger partial charge < -0.3 is 10.5 Å². The van der Waals surface area contributed by atoms with Crippen LogP contribution in [0.3, 0.4) is 0 Å². The van der Waals surface area contributed by atoms with E-state index in [-0.39, 0.29) is 12.1 Å². The lowest BCUT2D eigenvalue weighted by Crippen LogP contribution is -2.39. The van der Waals surface area contributed by atoms with Gasteiger partial charge in [-0.05, 0) is 11.4 Å². The molecule has 0 unspecified atom stereocenters. The number of thiophene rings is 2. The van der Waals surface area contributed by atoms with Crippen LogP contribution in [0, 0.1) is 0 Å². The Labute approximate surface area is 157 Å². The second-order valence-corrected chi connectivity index (χ2v) is 7.89. The molecule has 1 aliphatic rings. The predicted molar refractivity (Wildman–Crippen MR) is 102 cm³/mol. The number of ether oxygens (including phenoxy) is 1. The van der Waals surface area contributed by atoms with Gasteiger partial charge >= 0.3 is 0 Å². The van der Waals surface area contributed by atoms with Gasteiger partial charge in [-0.15, -0.1) is 22.7 Å². The normalized spacial score (nSPS) is 15.5. The Kier molecular flexibility index (Phi) is 4.86. The van der Waals surface area contributed by atoms with E-state index >= 15 is 0 Å². The molecule has 4 rings (SSSR count). The second kappa shape index (κ2) is 7.28. The Hall–Kier alpha value is -2.07. The fourth-order valence-electron chi connectivity index (χ4n) is 3.08. The third-order valence-corrected chi connectivity index (χ3v) is 6.12. The number of morpholine rings is 1. The van der Waals surface area contributed by atoms with Gasteiger partial charge in [-0.1, -0.05) is 6.07 Å². The maximum atomic E-state index is 13.2. The zero-order valence-corrected chi connectivity index (χ0v) is 15.6. The van der Waals surface area contributed by atoms with Crippen LogP contribution in [-0.4, -0.2) is 46.7 Å². The molecule has 1 aliphatic heterocycles. The van der Waals surface area contributed by atoms with Crippen molar-refractivity contribution in [3.05, 3.63) is 39.1 Å². The third kappa shape index (κ3) is 3.30. The maximum absolute atomic E-state index is 13.2. The summed E-state index contributed by atoms with van der Waals surface area (Å²) in [5.41, 5.74) is 6.05. The van der Waals surface area contributed by atoms with Crippen molar-refractivity contribution in [1.29, 1.82) is 0 Å². The SMILES string of the molecule is NC(=O)Cn1c(CN2CCOCC2)nc2scc(-c3cccs3)c2c1=O. The second-order valence-electron chi connectivity index (χ2n) is 6.08. The lowest BCUT2D eigenvalue weighted by Gasteiger charge is -2.27. The first kappa shape index (κ1) is 17.3. The van der Waals surface area contributed by atoms with Crippen LogP contribution in [0.5, 0.6) is 0 Å². The van der Waals surface area contributed by atoms with Crippen molar-refractivity contribution in [2.45, 2.75) is 13.1 Å². The Bertz CT molecular complexity index is 988. The molecule has 26 heavy (non-hydrogen) atoms. The minimum absolute atomic E-state index is 0.166. The number of carbonyl (C=O) groups is 1. The van der Waals surface area contributed by atoms with E-state index in [1.165, 1.54) is 15.9 Å². The summed E-state index contributed by atoms with van der Waals surface area (Å²) in [5, 5.41) is 4.49. The number of rotatable bonds is 5. The monoisotopic (exact) mass is 390 g/mol. The minimum atomic E-state index is -0.551. The van der Waals surface area contributed by atoms with Gasteiger partial charge in [0, 0.05) is 28.9 Å². The molecule has 1 fully saturated rings. The summed E-state index contributed by atoms with van der Waals surface area (Å²) in [5.74, 6) is 0.0205.